The van der Waals surface area contributed by atoms with Gasteiger partial charge in [0.25, 0.3) is 0 Å². The van der Waals surface area contributed by atoms with E-state index in [1.807, 2.05) is 12.1 Å². The summed E-state index contributed by atoms with van der Waals surface area (Å²) in [6, 6.07) is 44.4. The Hall–Kier alpha value is -6.72. The Balaban J connectivity index is 1.33. The molecule has 7 aromatic rings. The molecule has 0 saturated carbocycles. The van der Waals surface area contributed by atoms with Crippen molar-refractivity contribution in [2.45, 2.75) is 97.8 Å². The number of aromatic nitrogens is 4. The largest absolute Gasteiger partial charge is 0.399 e. The summed E-state index contributed by atoms with van der Waals surface area (Å²) in [6.07, 6.45) is 22.9. The summed E-state index contributed by atoms with van der Waals surface area (Å²) in [5.74, 6) is 0. The van der Waals surface area contributed by atoms with Gasteiger partial charge < -0.3 is 15.7 Å². The number of H-pyrrole nitrogens is 2. The minimum Gasteiger partial charge on any atom is -0.399 e. The van der Waals surface area contributed by atoms with Crippen LogP contribution < -0.4 is 5.73 Å². The Morgan fingerprint density at radius 3 is 0.875 bits per heavy atom. The van der Waals surface area contributed by atoms with Crippen molar-refractivity contribution in [1.82, 2.24) is 19.9 Å². The van der Waals surface area contributed by atoms with Gasteiger partial charge in [-0.05, 0) is 138 Å². The third kappa shape index (κ3) is 9.31. The van der Waals surface area contributed by atoms with Crippen molar-refractivity contribution in [1.29, 1.82) is 0 Å². The highest BCUT2D eigenvalue weighted by molar-refractivity contribution is 6.00. The van der Waals surface area contributed by atoms with E-state index in [2.05, 4.69) is 164 Å². The first-order chi connectivity index (χ1) is 31.5. The molecule has 3 aromatic heterocycles. The molecular formula is C59H61N5. The number of nitrogens with two attached hydrogens (primary N) is 1. The van der Waals surface area contributed by atoms with E-state index in [4.69, 9.17) is 15.7 Å². The van der Waals surface area contributed by atoms with Crippen LogP contribution in [0.3, 0.4) is 0 Å². The quantitative estimate of drug-likeness (QED) is 0.0669. The maximum atomic E-state index is 6.26. The number of benzene rings is 4. The van der Waals surface area contributed by atoms with Crippen molar-refractivity contribution in [3.8, 4) is 44.5 Å². The number of fused-ring (bicyclic) bond motifs is 8. The first-order valence-corrected chi connectivity index (χ1v) is 23.8. The van der Waals surface area contributed by atoms with E-state index in [1.165, 1.54) is 74.5 Å². The summed E-state index contributed by atoms with van der Waals surface area (Å²) < 4.78 is 0. The Morgan fingerprint density at radius 1 is 0.344 bits per heavy atom. The number of hydrogen-bond donors (Lipinski definition) is 3. The van der Waals surface area contributed by atoms with Crippen LogP contribution in [0.2, 0.25) is 0 Å². The lowest BCUT2D eigenvalue weighted by Gasteiger charge is -2.09. The van der Waals surface area contributed by atoms with Crippen LogP contribution in [0.4, 0.5) is 5.69 Å². The Morgan fingerprint density at radius 2 is 0.609 bits per heavy atom. The highest BCUT2D eigenvalue weighted by Gasteiger charge is 2.19. The van der Waals surface area contributed by atoms with Crippen molar-refractivity contribution < 1.29 is 0 Å². The summed E-state index contributed by atoms with van der Waals surface area (Å²) in [7, 11) is 0. The molecule has 5 heteroatoms. The number of aryl methyl sites for hydroxylation is 3. The predicted molar refractivity (Wildman–Crippen MR) is 275 cm³/mol. The predicted octanol–water partition coefficient (Wildman–Crippen LogP) is 16.1. The molecule has 0 unspecified atom stereocenters. The number of aromatic amines is 2. The molecule has 0 aliphatic carbocycles. The SMILES string of the molecule is CCCCCc1ccc(-c2c3nc(c(-c4ccc(CCCCC)cc4)c4ccc([nH]4)c(-c4ccc(CCCCC)cc4)c4nc(c(-c5ccc(N)cc5)c5ccc2[nH]5)C=C4)C=C3)cc1. The van der Waals surface area contributed by atoms with Crippen molar-refractivity contribution in [3.63, 3.8) is 0 Å². The van der Waals surface area contributed by atoms with E-state index in [9.17, 15) is 0 Å². The molecule has 0 radical (unpaired) electrons. The summed E-state index contributed by atoms with van der Waals surface area (Å²) in [5, 5.41) is 0. The summed E-state index contributed by atoms with van der Waals surface area (Å²) >= 11 is 0. The monoisotopic (exact) mass is 839 g/mol. The second kappa shape index (κ2) is 19.8. The molecular weight excluding hydrogens is 779 g/mol. The van der Waals surface area contributed by atoms with Gasteiger partial charge in [0.05, 0.1) is 22.8 Å². The van der Waals surface area contributed by atoms with Gasteiger partial charge in [0.2, 0.25) is 0 Å². The zero-order valence-electron chi connectivity index (χ0n) is 37.8. The fourth-order valence-electron chi connectivity index (χ4n) is 9.32. The Kier molecular flexibility index (Phi) is 13.1. The molecule has 0 fully saturated rings. The number of rotatable bonds is 16. The minimum atomic E-state index is 0.725. The van der Waals surface area contributed by atoms with E-state index in [0.717, 1.165) is 114 Å². The fraction of sp³-hybridized carbons (Fsp3) is 0.254. The Bertz CT molecular complexity index is 2890. The molecule has 2 aliphatic heterocycles. The van der Waals surface area contributed by atoms with E-state index in [0.29, 0.717) is 0 Å². The summed E-state index contributed by atoms with van der Waals surface area (Å²) in [6.45, 7) is 6.79. The number of nitrogens with one attached hydrogen (secondary N) is 2. The van der Waals surface area contributed by atoms with Crippen molar-refractivity contribution in [2.24, 2.45) is 0 Å². The van der Waals surface area contributed by atoms with Crippen LogP contribution in [-0.4, -0.2) is 19.9 Å². The fourth-order valence-corrected chi connectivity index (χ4v) is 9.32. The minimum absolute atomic E-state index is 0.725. The van der Waals surface area contributed by atoms with Crippen LogP contribution >= 0.6 is 0 Å². The molecule has 8 bridgehead atoms. The number of nitrogens with zero attached hydrogens (tertiary/aromatic N) is 2. The zero-order valence-corrected chi connectivity index (χ0v) is 37.8. The zero-order chi connectivity index (χ0) is 43.8. The number of anilines is 1. The van der Waals surface area contributed by atoms with Crippen LogP contribution in [0.25, 0.3) is 90.9 Å². The Labute approximate surface area is 379 Å². The second-order valence-corrected chi connectivity index (χ2v) is 17.6. The maximum Gasteiger partial charge on any atom is 0.0737 e. The smallest absolute Gasteiger partial charge is 0.0737 e. The van der Waals surface area contributed by atoms with Gasteiger partial charge in [-0.2, -0.15) is 0 Å². The van der Waals surface area contributed by atoms with Crippen molar-refractivity contribution in [3.05, 3.63) is 161 Å². The highest BCUT2D eigenvalue weighted by atomic mass is 14.8. The normalized spacial score (nSPS) is 12.0. The first kappa shape index (κ1) is 42.6. The average Bonchev–Trinajstić information content (AvgIpc) is 4.17. The molecule has 5 nitrogen and oxygen atoms in total. The third-order valence-corrected chi connectivity index (χ3v) is 12.9. The molecule has 9 rings (SSSR count). The lowest BCUT2D eigenvalue weighted by Crippen LogP contribution is -1.91. The van der Waals surface area contributed by atoms with Crippen LogP contribution in [-0.2, 0) is 19.3 Å². The molecule has 4 N–H and O–H groups in total. The van der Waals surface area contributed by atoms with Gasteiger partial charge in [-0.15, -0.1) is 0 Å². The molecule has 0 spiro atoms. The molecule has 4 aromatic carbocycles. The lowest BCUT2D eigenvalue weighted by molar-refractivity contribution is 0.717. The van der Waals surface area contributed by atoms with Crippen LogP contribution in [0.5, 0.6) is 0 Å². The molecule has 64 heavy (non-hydrogen) atoms. The van der Waals surface area contributed by atoms with Crippen LogP contribution in [0.15, 0.2) is 121 Å². The van der Waals surface area contributed by atoms with Gasteiger partial charge >= 0.3 is 0 Å². The lowest BCUT2D eigenvalue weighted by atomic mass is 10.00. The van der Waals surface area contributed by atoms with Crippen molar-refractivity contribution >= 4 is 52.1 Å². The molecule has 0 saturated heterocycles. The molecule has 0 amide bonds. The van der Waals surface area contributed by atoms with Crippen molar-refractivity contribution in [2.75, 3.05) is 5.73 Å². The van der Waals surface area contributed by atoms with E-state index >= 15 is 0 Å². The third-order valence-electron chi connectivity index (χ3n) is 12.9. The van der Waals surface area contributed by atoms with E-state index in [-0.39, 0.29) is 0 Å². The number of hydrogen-bond acceptors (Lipinski definition) is 3. The molecule has 322 valence electrons. The van der Waals surface area contributed by atoms with Gasteiger partial charge in [0.1, 0.15) is 0 Å². The van der Waals surface area contributed by atoms with E-state index < -0.39 is 0 Å². The van der Waals surface area contributed by atoms with Crippen LogP contribution in [0.1, 0.15) is 118 Å². The topological polar surface area (TPSA) is 83.4 Å². The van der Waals surface area contributed by atoms with Crippen LogP contribution in [0, 0.1) is 0 Å². The molecule has 5 heterocycles. The standard InChI is InChI=1S/C59H61N5/c1-4-7-10-13-40-16-22-43(23-17-40)56-48-32-34-50(61-48)57(44-24-18-41(19-25-44)14-11-8-5-2)52-36-38-54(63-52)59(46-28-30-47(60)31-29-46)55-39-37-53(64-55)58(51-35-33-49(56)62-51)45-26-20-42(21-27-45)15-12-9-6-3/h16-39,61,64H,4-15,60H2,1-3H3. The second-order valence-electron chi connectivity index (χ2n) is 17.6. The number of nitrogen functional groups attached to an aromatic ring is 1. The molecule has 2 aliphatic rings. The maximum absolute atomic E-state index is 6.26. The van der Waals surface area contributed by atoms with Gasteiger partial charge in [0, 0.05) is 50.0 Å². The average molecular weight is 840 g/mol. The van der Waals surface area contributed by atoms with E-state index in [1.54, 1.807) is 0 Å². The summed E-state index contributed by atoms with van der Waals surface area (Å²) in [5.41, 5.74) is 27.3. The highest BCUT2D eigenvalue weighted by Crippen LogP contribution is 2.39. The van der Waals surface area contributed by atoms with Gasteiger partial charge in [-0.25, -0.2) is 9.97 Å². The first-order valence-electron chi connectivity index (χ1n) is 23.8. The molecule has 0 atom stereocenters. The van der Waals surface area contributed by atoms with Gasteiger partial charge in [0.15, 0.2) is 0 Å². The number of unbranched alkanes of at least 4 members (excludes halogenated alkanes) is 6. The van der Waals surface area contributed by atoms with Gasteiger partial charge in [-0.3, -0.25) is 0 Å². The summed E-state index contributed by atoms with van der Waals surface area (Å²) in [4.78, 5) is 18.9. The van der Waals surface area contributed by atoms with Gasteiger partial charge in [-0.1, -0.05) is 144 Å².